The minimum atomic E-state index is -5.00. The highest BCUT2D eigenvalue weighted by Gasteiger charge is 2.32. The highest BCUT2D eigenvalue weighted by Crippen LogP contribution is 2.25. The predicted octanol–water partition coefficient (Wildman–Crippen LogP) is 2.08. The quantitative estimate of drug-likeness (QED) is 0.585. The SMILES string of the molecule is CS(=O)(=O)C#Cc1ccc(OC(F)(F)F)c(F)c1. The Bertz CT molecular complexity index is 608. The maximum absolute atomic E-state index is 13.2. The Labute approximate surface area is 100 Å². The molecule has 1 rings (SSSR count). The molecule has 0 atom stereocenters. The average molecular weight is 282 g/mol. The van der Waals surface area contributed by atoms with Crippen LogP contribution in [0.15, 0.2) is 18.2 Å². The summed E-state index contributed by atoms with van der Waals surface area (Å²) in [5.74, 6) is -0.191. The number of benzene rings is 1. The normalized spacial score (nSPS) is 11.6. The Kier molecular flexibility index (Phi) is 3.86. The number of sulfone groups is 1. The fourth-order valence-electron chi connectivity index (χ4n) is 0.938. The smallest absolute Gasteiger partial charge is 0.403 e. The maximum atomic E-state index is 13.2. The summed E-state index contributed by atoms with van der Waals surface area (Å²) in [6.07, 6.45) is -4.15. The molecule has 0 saturated carbocycles. The molecule has 1 aromatic rings. The first-order valence-corrected chi connectivity index (χ1v) is 6.24. The van der Waals surface area contributed by atoms with Crippen LogP contribution in [0.5, 0.6) is 5.75 Å². The van der Waals surface area contributed by atoms with E-state index in [9.17, 15) is 26.0 Å². The lowest BCUT2D eigenvalue weighted by atomic mass is 10.2. The Morgan fingerprint density at radius 3 is 2.33 bits per heavy atom. The van der Waals surface area contributed by atoms with E-state index in [-0.39, 0.29) is 5.56 Å². The number of rotatable bonds is 1. The first-order chi connectivity index (χ1) is 8.07. The number of hydrogen-bond acceptors (Lipinski definition) is 3. The van der Waals surface area contributed by atoms with Gasteiger partial charge in [-0.3, -0.25) is 0 Å². The summed E-state index contributed by atoms with van der Waals surface area (Å²) >= 11 is 0. The standard InChI is InChI=1S/C10H6F4O3S/c1-18(15,16)5-4-7-2-3-9(8(11)6-7)17-10(12,13)14/h2-3,6H,1H3. The zero-order valence-corrected chi connectivity index (χ0v) is 9.69. The lowest BCUT2D eigenvalue weighted by molar-refractivity contribution is -0.275. The van der Waals surface area contributed by atoms with E-state index in [1.54, 1.807) is 0 Å². The summed E-state index contributed by atoms with van der Waals surface area (Å²) in [5, 5.41) is 1.83. The molecule has 0 heterocycles. The summed E-state index contributed by atoms with van der Waals surface area (Å²) in [5.41, 5.74) is -0.0764. The summed E-state index contributed by atoms with van der Waals surface area (Å²) in [7, 11) is -3.57. The number of halogens is 4. The summed E-state index contributed by atoms with van der Waals surface area (Å²) in [6, 6.07) is 2.39. The van der Waals surface area contributed by atoms with Gasteiger partial charge < -0.3 is 4.74 Å². The molecule has 0 bridgehead atoms. The molecule has 0 unspecified atom stereocenters. The minimum Gasteiger partial charge on any atom is -0.403 e. The zero-order chi connectivity index (χ0) is 14.0. The van der Waals surface area contributed by atoms with Crippen molar-refractivity contribution in [2.75, 3.05) is 6.26 Å². The van der Waals surface area contributed by atoms with Gasteiger partial charge in [0.1, 0.15) is 0 Å². The second-order valence-electron chi connectivity index (χ2n) is 3.19. The van der Waals surface area contributed by atoms with Gasteiger partial charge in [-0.1, -0.05) is 0 Å². The lowest BCUT2D eigenvalue weighted by Crippen LogP contribution is -2.17. The Hall–Kier alpha value is -1.75. The first kappa shape index (κ1) is 14.3. The van der Waals surface area contributed by atoms with Crippen molar-refractivity contribution in [3.63, 3.8) is 0 Å². The van der Waals surface area contributed by atoms with Gasteiger partial charge in [0.05, 0.1) is 6.26 Å². The molecular weight excluding hydrogens is 276 g/mol. The van der Waals surface area contributed by atoms with Gasteiger partial charge in [-0.05, 0) is 24.1 Å². The third-order valence-corrected chi connectivity index (χ3v) is 2.01. The molecule has 0 aromatic heterocycles. The van der Waals surface area contributed by atoms with Gasteiger partial charge in [0.25, 0.3) is 0 Å². The van der Waals surface area contributed by atoms with Gasteiger partial charge in [0.15, 0.2) is 11.6 Å². The van der Waals surface area contributed by atoms with Crippen molar-refractivity contribution in [3.05, 3.63) is 29.6 Å². The predicted molar refractivity (Wildman–Crippen MR) is 54.8 cm³/mol. The average Bonchev–Trinajstić information content (AvgIpc) is 2.15. The van der Waals surface area contributed by atoms with Gasteiger partial charge in [0.2, 0.25) is 9.84 Å². The van der Waals surface area contributed by atoms with E-state index in [4.69, 9.17) is 0 Å². The van der Waals surface area contributed by atoms with Crippen molar-refractivity contribution in [3.8, 4) is 16.9 Å². The van der Waals surface area contributed by atoms with Crippen molar-refractivity contribution in [1.82, 2.24) is 0 Å². The van der Waals surface area contributed by atoms with Gasteiger partial charge >= 0.3 is 6.36 Å². The Morgan fingerprint density at radius 1 is 1.28 bits per heavy atom. The number of hydrogen-bond donors (Lipinski definition) is 0. The van der Waals surface area contributed by atoms with Crippen molar-refractivity contribution < 1.29 is 30.7 Å². The minimum absolute atomic E-state index is 0.0764. The second kappa shape index (κ2) is 4.86. The number of alkyl halides is 3. The molecule has 0 saturated heterocycles. The molecule has 0 spiro atoms. The van der Waals surface area contributed by atoms with Crippen LogP contribution in [0.3, 0.4) is 0 Å². The molecule has 0 N–H and O–H groups in total. The molecule has 18 heavy (non-hydrogen) atoms. The third kappa shape index (κ3) is 5.05. The van der Waals surface area contributed by atoms with Crippen LogP contribution in [0.25, 0.3) is 0 Å². The zero-order valence-electron chi connectivity index (χ0n) is 8.88. The van der Waals surface area contributed by atoms with Crippen LogP contribution >= 0.6 is 0 Å². The van der Waals surface area contributed by atoms with Crippen LogP contribution in [0, 0.1) is 17.0 Å². The van der Waals surface area contributed by atoms with E-state index in [2.05, 4.69) is 10.7 Å². The largest absolute Gasteiger partial charge is 0.573 e. The van der Waals surface area contributed by atoms with Crippen molar-refractivity contribution in [1.29, 1.82) is 0 Å². The summed E-state index contributed by atoms with van der Waals surface area (Å²) in [4.78, 5) is 0. The molecule has 0 aliphatic rings. The van der Waals surface area contributed by atoms with E-state index >= 15 is 0 Å². The van der Waals surface area contributed by atoms with Crippen LogP contribution < -0.4 is 4.74 Å². The molecule has 1 aromatic carbocycles. The molecule has 8 heteroatoms. The van der Waals surface area contributed by atoms with Crippen LogP contribution in [-0.4, -0.2) is 21.0 Å². The molecule has 3 nitrogen and oxygen atoms in total. The third-order valence-electron chi connectivity index (χ3n) is 1.54. The van der Waals surface area contributed by atoms with Crippen LogP contribution in [0.2, 0.25) is 0 Å². The van der Waals surface area contributed by atoms with Gasteiger partial charge in [0, 0.05) is 10.8 Å². The monoisotopic (exact) mass is 282 g/mol. The lowest BCUT2D eigenvalue weighted by Gasteiger charge is -2.09. The first-order valence-electron chi connectivity index (χ1n) is 4.35. The molecule has 0 amide bonds. The topological polar surface area (TPSA) is 43.4 Å². The van der Waals surface area contributed by atoms with Crippen molar-refractivity contribution >= 4 is 9.84 Å². The molecule has 0 aliphatic heterocycles. The van der Waals surface area contributed by atoms with Crippen molar-refractivity contribution in [2.24, 2.45) is 0 Å². The molecule has 0 fully saturated rings. The fourth-order valence-corrected chi connectivity index (χ4v) is 1.24. The highest BCUT2D eigenvalue weighted by molar-refractivity contribution is 7.95. The number of ether oxygens (including phenoxy) is 1. The van der Waals surface area contributed by atoms with E-state index in [0.717, 1.165) is 18.4 Å². The molecule has 0 aliphatic carbocycles. The van der Waals surface area contributed by atoms with E-state index in [0.29, 0.717) is 6.07 Å². The Balaban J connectivity index is 3.03. The second-order valence-corrected chi connectivity index (χ2v) is 4.94. The highest BCUT2D eigenvalue weighted by atomic mass is 32.2. The van der Waals surface area contributed by atoms with E-state index < -0.39 is 27.8 Å². The Morgan fingerprint density at radius 2 is 1.89 bits per heavy atom. The van der Waals surface area contributed by atoms with Gasteiger partial charge in [-0.25, -0.2) is 12.8 Å². The van der Waals surface area contributed by atoms with Gasteiger partial charge in [-0.2, -0.15) is 0 Å². The van der Waals surface area contributed by atoms with Crippen LogP contribution in [-0.2, 0) is 9.84 Å². The summed E-state index contributed by atoms with van der Waals surface area (Å²) in [6.45, 7) is 0. The maximum Gasteiger partial charge on any atom is 0.573 e. The van der Waals surface area contributed by atoms with Crippen LogP contribution in [0.1, 0.15) is 5.56 Å². The van der Waals surface area contributed by atoms with Crippen molar-refractivity contribution in [2.45, 2.75) is 6.36 Å². The summed E-state index contributed by atoms with van der Waals surface area (Å²) < 4.78 is 73.4. The molecule has 98 valence electrons. The van der Waals surface area contributed by atoms with E-state index in [1.165, 1.54) is 0 Å². The van der Waals surface area contributed by atoms with Gasteiger partial charge in [-0.15, -0.1) is 13.2 Å². The molecule has 0 radical (unpaired) electrons. The molecular formula is C10H6F4O3S. The fraction of sp³-hybridized carbons (Fsp3) is 0.200. The van der Waals surface area contributed by atoms with Crippen LogP contribution in [0.4, 0.5) is 17.6 Å². The van der Waals surface area contributed by atoms with E-state index in [1.807, 2.05) is 5.25 Å².